The largest absolute Gasteiger partial charge is 0.355 e. The van der Waals surface area contributed by atoms with Crippen LogP contribution < -0.4 is 0 Å². The lowest BCUT2D eigenvalue weighted by atomic mass is 10.1. The standard InChI is InChI=1S/C10H9N7O2/c18-10(16-19)9-13-8(14-15-9)6-2-4-17-7(11-5-6)1-3-12-17/h1,3,5-6H,2,4H2,(H,13,14,15). The molecule has 0 saturated carbocycles. The van der Waals surface area contributed by atoms with Crippen LogP contribution in [0.5, 0.6) is 0 Å². The summed E-state index contributed by atoms with van der Waals surface area (Å²) in [5.74, 6) is -0.0573. The molecular formula is C10H9N7O2. The number of aryl methyl sites for hydroxylation is 1. The molecule has 0 bridgehead atoms. The summed E-state index contributed by atoms with van der Waals surface area (Å²) in [6.07, 6.45) is 4.13. The Kier molecular flexibility index (Phi) is 2.71. The molecule has 0 fully saturated rings. The quantitative estimate of drug-likeness (QED) is 0.800. The minimum atomic E-state index is -0.985. The van der Waals surface area contributed by atoms with Crippen LogP contribution >= 0.6 is 0 Å². The Morgan fingerprint density at radius 2 is 2.42 bits per heavy atom. The fourth-order valence-corrected chi connectivity index (χ4v) is 1.89. The number of nitrogens with zero attached hydrogens (tertiary/aromatic N) is 6. The number of hydrogen-bond acceptors (Lipinski definition) is 6. The molecule has 2 aromatic rings. The van der Waals surface area contributed by atoms with Gasteiger partial charge in [-0.3, -0.25) is 9.89 Å². The summed E-state index contributed by atoms with van der Waals surface area (Å²) in [6.45, 7) is 0.683. The molecule has 1 unspecified atom stereocenters. The summed E-state index contributed by atoms with van der Waals surface area (Å²) in [4.78, 5) is 29.4. The predicted octanol–water partition coefficient (Wildman–Crippen LogP) is 0.798. The molecule has 9 nitrogen and oxygen atoms in total. The maximum Gasteiger partial charge on any atom is 0.355 e. The van der Waals surface area contributed by atoms with Gasteiger partial charge in [0.2, 0.25) is 5.82 Å². The second-order valence-corrected chi connectivity index (χ2v) is 4.03. The third kappa shape index (κ3) is 2.05. The molecule has 3 rings (SSSR count). The number of hydrogen-bond donors (Lipinski definition) is 1. The number of H-pyrrole nitrogens is 1. The van der Waals surface area contributed by atoms with E-state index in [1.54, 1.807) is 17.1 Å². The Morgan fingerprint density at radius 1 is 1.53 bits per heavy atom. The smallest absolute Gasteiger partial charge is 0.262 e. The summed E-state index contributed by atoms with van der Waals surface area (Å²) in [7, 11) is 0. The SMILES string of the molecule is O=NC(=O)c1n[nH]c(C2C=Nc3ccnn3CC2)n1. The zero-order valence-electron chi connectivity index (χ0n) is 9.72. The van der Waals surface area contributed by atoms with Crippen LogP contribution in [0.15, 0.2) is 22.4 Å². The Bertz CT molecular complexity index is 656. The van der Waals surface area contributed by atoms with Crippen LogP contribution in [0.4, 0.5) is 5.82 Å². The molecule has 1 amide bonds. The summed E-state index contributed by atoms with van der Waals surface area (Å²) >= 11 is 0. The van der Waals surface area contributed by atoms with Gasteiger partial charge in [-0.15, -0.1) is 10.0 Å². The monoisotopic (exact) mass is 259 g/mol. The predicted molar refractivity (Wildman–Crippen MR) is 64.2 cm³/mol. The van der Waals surface area contributed by atoms with Gasteiger partial charge in [-0.25, -0.2) is 14.7 Å². The summed E-state index contributed by atoms with van der Waals surface area (Å²) in [5.41, 5.74) is 0. The van der Waals surface area contributed by atoms with Gasteiger partial charge in [-0.05, 0) is 6.42 Å². The first kappa shape index (κ1) is 11.4. The second kappa shape index (κ2) is 4.52. The van der Waals surface area contributed by atoms with Crippen molar-refractivity contribution in [2.24, 2.45) is 10.2 Å². The second-order valence-electron chi connectivity index (χ2n) is 4.03. The molecule has 9 heteroatoms. The van der Waals surface area contributed by atoms with Gasteiger partial charge in [0, 0.05) is 24.0 Å². The number of aromatic nitrogens is 5. The molecule has 1 N–H and O–H groups in total. The van der Waals surface area contributed by atoms with Crippen LogP contribution in [0.1, 0.15) is 28.8 Å². The van der Waals surface area contributed by atoms with Gasteiger partial charge in [-0.2, -0.15) is 5.10 Å². The fraction of sp³-hybridized carbons (Fsp3) is 0.300. The van der Waals surface area contributed by atoms with Crippen LogP contribution in [-0.4, -0.2) is 37.1 Å². The minimum absolute atomic E-state index is 0.109. The highest BCUT2D eigenvalue weighted by molar-refractivity contribution is 5.91. The van der Waals surface area contributed by atoms with E-state index in [9.17, 15) is 9.70 Å². The third-order valence-electron chi connectivity index (χ3n) is 2.86. The number of carbonyl (C=O) groups is 1. The van der Waals surface area contributed by atoms with Crippen molar-refractivity contribution in [3.63, 3.8) is 0 Å². The lowest BCUT2D eigenvalue weighted by Crippen LogP contribution is -2.06. The average molecular weight is 259 g/mol. The van der Waals surface area contributed by atoms with Crippen LogP contribution in [0, 0.1) is 4.91 Å². The molecule has 0 aromatic carbocycles. The van der Waals surface area contributed by atoms with E-state index in [0.717, 1.165) is 12.2 Å². The summed E-state index contributed by atoms with van der Waals surface area (Å²) in [6, 6.07) is 1.81. The molecule has 19 heavy (non-hydrogen) atoms. The van der Waals surface area contributed by atoms with E-state index < -0.39 is 5.91 Å². The van der Waals surface area contributed by atoms with Crippen molar-refractivity contribution in [1.82, 2.24) is 25.0 Å². The number of nitroso groups, excluding NO2 is 1. The number of amides is 1. The molecular weight excluding hydrogens is 250 g/mol. The first-order chi connectivity index (χ1) is 9.28. The minimum Gasteiger partial charge on any atom is -0.262 e. The van der Waals surface area contributed by atoms with E-state index in [4.69, 9.17) is 0 Å². The van der Waals surface area contributed by atoms with Crippen molar-refractivity contribution in [3.8, 4) is 0 Å². The third-order valence-corrected chi connectivity index (χ3v) is 2.86. The van der Waals surface area contributed by atoms with E-state index >= 15 is 0 Å². The summed E-state index contributed by atoms with van der Waals surface area (Å²) in [5, 5.41) is 12.7. The average Bonchev–Trinajstić information content (AvgIpc) is 3.04. The van der Waals surface area contributed by atoms with Crippen molar-refractivity contribution >= 4 is 17.9 Å². The fourth-order valence-electron chi connectivity index (χ4n) is 1.89. The molecule has 0 spiro atoms. The Hall–Kier alpha value is -2.71. The highest BCUT2D eigenvalue weighted by Gasteiger charge is 2.20. The maximum absolute atomic E-state index is 11.0. The lowest BCUT2D eigenvalue weighted by molar-refractivity contribution is 0.0991. The van der Waals surface area contributed by atoms with E-state index in [1.807, 2.05) is 6.07 Å². The Morgan fingerprint density at radius 3 is 3.26 bits per heavy atom. The van der Waals surface area contributed by atoms with Crippen LogP contribution in [-0.2, 0) is 6.54 Å². The zero-order valence-corrected chi connectivity index (χ0v) is 9.72. The molecule has 0 saturated heterocycles. The molecule has 1 aliphatic heterocycles. The molecule has 1 aliphatic rings. The van der Waals surface area contributed by atoms with Gasteiger partial charge in [0.05, 0.1) is 12.1 Å². The van der Waals surface area contributed by atoms with Gasteiger partial charge in [0.15, 0.2) is 0 Å². The normalized spacial score (nSPS) is 17.8. The number of aliphatic imine (C=N–C) groups is 1. The molecule has 0 aliphatic carbocycles. The molecule has 2 aromatic heterocycles. The number of rotatable bonds is 2. The Labute approximate surface area is 106 Å². The summed E-state index contributed by atoms with van der Waals surface area (Å²) < 4.78 is 1.78. The van der Waals surface area contributed by atoms with Gasteiger partial charge >= 0.3 is 5.91 Å². The topological polar surface area (TPSA) is 118 Å². The van der Waals surface area contributed by atoms with Crippen molar-refractivity contribution in [2.75, 3.05) is 0 Å². The molecule has 3 heterocycles. The molecule has 96 valence electrons. The van der Waals surface area contributed by atoms with Gasteiger partial charge in [-0.1, -0.05) is 0 Å². The number of carbonyl (C=O) groups excluding carboxylic acids is 1. The maximum atomic E-state index is 11.0. The lowest BCUT2D eigenvalue weighted by Gasteiger charge is -2.05. The van der Waals surface area contributed by atoms with E-state index in [0.29, 0.717) is 12.4 Å². The Balaban J connectivity index is 1.84. The van der Waals surface area contributed by atoms with Gasteiger partial charge < -0.3 is 0 Å². The van der Waals surface area contributed by atoms with Crippen LogP contribution in [0.2, 0.25) is 0 Å². The van der Waals surface area contributed by atoms with Gasteiger partial charge in [0.25, 0.3) is 0 Å². The van der Waals surface area contributed by atoms with E-state index in [-0.39, 0.29) is 11.7 Å². The highest BCUT2D eigenvalue weighted by atomic mass is 16.3. The molecule has 0 radical (unpaired) electrons. The van der Waals surface area contributed by atoms with E-state index in [2.05, 4.69) is 30.4 Å². The van der Waals surface area contributed by atoms with Crippen molar-refractivity contribution in [3.05, 3.63) is 28.8 Å². The van der Waals surface area contributed by atoms with Crippen LogP contribution in [0.25, 0.3) is 0 Å². The first-order valence-electron chi connectivity index (χ1n) is 5.64. The zero-order chi connectivity index (χ0) is 13.2. The number of nitrogens with one attached hydrogen (secondary N) is 1. The van der Waals surface area contributed by atoms with Crippen molar-refractivity contribution in [2.45, 2.75) is 18.9 Å². The highest BCUT2D eigenvalue weighted by Crippen LogP contribution is 2.22. The number of fused-ring (bicyclic) bond motifs is 1. The van der Waals surface area contributed by atoms with Gasteiger partial charge in [0.1, 0.15) is 11.6 Å². The van der Waals surface area contributed by atoms with Crippen LogP contribution in [0.3, 0.4) is 0 Å². The molecule has 1 atom stereocenters. The van der Waals surface area contributed by atoms with Crippen molar-refractivity contribution < 1.29 is 4.79 Å². The number of aromatic amines is 1. The first-order valence-corrected chi connectivity index (χ1v) is 5.64. The van der Waals surface area contributed by atoms with E-state index in [1.165, 1.54) is 0 Å². The van der Waals surface area contributed by atoms with Crippen molar-refractivity contribution in [1.29, 1.82) is 0 Å².